The number of nitrogens with zero attached hydrogens (tertiary/aromatic N) is 2. The Morgan fingerprint density at radius 1 is 1.32 bits per heavy atom. The van der Waals surface area contributed by atoms with Gasteiger partial charge in [-0.15, -0.1) is 0 Å². The van der Waals surface area contributed by atoms with Crippen molar-refractivity contribution in [3.05, 3.63) is 28.2 Å². The normalized spacial score (nSPS) is 15.4. The molecule has 1 aliphatic rings. The topological polar surface area (TPSA) is 42.0 Å². The van der Waals surface area contributed by atoms with Crippen LogP contribution in [-0.4, -0.2) is 48.9 Å². The summed E-state index contributed by atoms with van der Waals surface area (Å²) >= 11 is 3.56. The molecule has 0 unspecified atom stereocenters. The fourth-order valence-corrected chi connectivity index (χ4v) is 3.08. The van der Waals surface area contributed by atoms with Crippen molar-refractivity contribution in [2.24, 2.45) is 0 Å². The minimum absolute atomic E-state index is 0.0519. The lowest BCUT2D eigenvalue weighted by atomic mass is 10.1. The van der Waals surface area contributed by atoms with Crippen molar-refractivity contribution >= 4 is 27.7 Å². The largest absolute Gasteiger partial charge is 0.444 e. The maximum atomic E-state index is 12.6. The van der Waals surface area contributed by atoms with Crippen LogP contribution in [-0.2, 0) is 16.0 Å². The number of carbonyl (C=O) groups is 1. The molecule has 0 saturated carbocycles. The van der Waals surface area contributed by atoms with Crippen molar-refractivity contribution in [1.29, 1.82) is 0 Å². The van der Waals surface area contributed by atoms with E-state index in [1.165, 1.54) is 0 Å². The number of anilines is 1. The molecule has 0 aromatic heterocycles. The quantitative estimate of drug-likeness (QED) is 0.733. The molecule has 1 heterocycles. The molecule has 1 aromatic carbocycles. The van der Waals surface area contributed by atoms with Crippen LogP contribution in [0, 0.1) is 0 Å². The molecule has 1 aromatic rings. The molecule has 1 saturated heterocycles. The SMILES string of the molecule is CC(C)N(Cc1ccc(Br)cc1N1CCOCC1)C(=O)OC(C)(C)C. The summed E-state index contributed by atoms with van der Waals surface area (Å²) in [5.41, 5.74) is 1.76. The van der Waals surface area contributed by atoms with Crippen molar-refractivity contribution in [3.63, 3.8) is 0 Å². The number of rotatable bonds is 4. The maximum Gasteiger partial charge on any atom is 0.410 e. The van der Waals surface area contributed by atoms with Crippen LogP contribution in [0.25, 0.3) is 0 Å². The molecule has 0 N–H and O–H groups in total. The Labute approximate surface area is 159 Å². The average molecular weight is 413 g/mol. The van der Waals surface area contributed by atoms with E-state index in [-0.39, 0.29) is 12.1 Å². The lowest BCUT2D eigenvalue weighted by Gasteiger charge is -2.34. The number of ether oxygens (including phenoxy) is 2. The highest BCUT2D eigenvalue weighted by Crippen LogP contribution is 2.28. The summed E-state index contributed by atoms with van der Waals surface area (Å²) in [6, 6.07) is 6.27. The Morgan fingerprint density at radius 2 is 1.96 bits per heavy atom. The number of halogens is 1. The van der Waals surface area contributed by atoms with Crippen LogP contribution in [0.2, 0.25) is 0 Å². The van der Waals surface area contributed by atoms with E-state index in [1.54, 1.807) is 4.90 Å². The molecule has 0 radical (unpaired) electrons. The standard InChI is InChI=1S/C19H29BrN2O3/c1-14(2)22(18(23)25-19(3,4)5)13-15-6-7-16(20)12-17(15)21-8-10-24-11-9-21/h6-7,12,14H,8-11,13H2,1-5H3. The molecule has 2 rings (SSSR count). The number of morpholine rings is 1. The minimum atomic E-state index is -0.503. The summed E-state index contributed by atoms with van der Waals surface area (Å²) in [4.78, 5) is 16.7. The molecule has 25 heavy (non-hydrogen) atoms. The highest BCUT2D eigenvalue weighted by Gasteiger charge is 2.26. The third-order valence-electron chi connectivity index (χ3n) is 3.99. The van der Waals surface area contributed by atoms with E-state index in [0.29, 0.717) is 6.54 Å². The van der Waals surface area contributed by atoms with Gasteiger partial charge in [0, 0.05) is 29.3 Å². The molecule has 6 heteroatoms. The highest BCUT2D eigenvalue weighted by atomic mass is 79.9. The summed E-state index contributed by atoms with van der Waals surface area (Å²) in [7, 11) is 0. The van der Waals surface area contributed by atoms with Crippen LogP contribution in [0.1, 0.15) is 40.2 Å². The second kappa shape index (κ2) is 8.41. The Kier molecular flexibility index (Phi) is 6.74. The number of carbonyl (C=O) groups excluding carboxylic acids is 1. The fraction of sp³-hybridized carbons (Fsp3) is 0.632. The van der Waals surface area contributed by atoms with Gasteiger partial charge in [-0.25, -0.2) is 4.79 Å². The zero-order chi connectivity index (χ0) is 18.6. The van der Waals surface area contributed by atoms with E-state index in [9.17, 15) is 4.79 Å². The Morgan fingerprint density at radius 3 is 2.52 bits per heavy atom. The van der Waals surface area contributed by atoms with Crippen LogP contribution in [0.15, 0.2) is 22.7 Å². The van der Waals surface area contributed by atoms with Crippen LogP contribution in [0.3, 0.4) is 0 Å². The van der Waals surface area contributed by atoms with Gasteiger partial charge in [-0.1, -0.05) is 22.0 Å². The molecule has 0 bridgehead atoms. The van der Waals surface area contributed by atoms with Gasteiger partial charge in [-0.2, -0.15) is 0 Å². The van der Waals surface area contributed by atoms with Gasteiger partial charge in [0.25, 0.3) is 0 Å². The second-order valence-electron chi connectivity index (χ2n) is 7.57. The Hall–Kier alpha value is -1.27. The zero-order valence-electron chi connectivity index (χ0n) is 15.8. The first-order valence-corrected chi connectivity index (χ1v) is 9.57. The van der Waals surface area contributed by atoms with E-state index in [1.807, 2.05) is 40.7 Å². The van der Waals surface area contributed by atoms with Crippen LogP contribution in [0.5, 0.6) is 0 Å². The molecule has 1 amide bonds. The van der Waals surface area contributed by atoms with Crippen molar-refractivity contribution < 1.29 is 14.3 Å². The molecule has 1 fully saturated rings. The Balaban J connectivity index is 2.25. The molecular formula is C19H29BrN2O3. The van der Waals surface area contributed by atoms with Crippen molar-refractivity contribution in [2.75, 3.05) is 31.2 Å². The lowest BCUT2D eigenvalue weighted by Crippen LogP contribution is -2.41. The molecule has 0 atom stereocenters. The van der Waals surface area contributed by atoms with Crippen molar-refractivity contribution in [3.8, 4) is 0 Å². The van der Waals surface area contributed by atoms with Gasteiger partial charge in [0.1, 0.15) is 5.60 Å². The number of hydrogen-bond donors (Lipinski definition) is 0. The van der Waals surface area contributed by atoms with Gasteiger partial charge in [-0.3, -0.25) is 0 Å². The fourth-order valence-electron chi connectivity index (χ4n) is 2.73. The van der Waals surface area contributed by atoms with Crippen LogP contribution < -0.4 is 4.90 Å². The van der Waals surface area contributed by atoms with E-state index >= 15 is 0 Å². The Bertz CT molecular complexity index is 593. The molecule has 140 valence electrons. The van der Waals surface area contributed by atoms with E-state index in [0.717, 1.165) is 42.0 Å². The highest BCUT2D eigenvalue weighted by molar-refractivity contribution is 9.10. The van der Waals surface area contributed by atoms with Gasteiger partial charge in [-0.05, 0) is 52.3 Å². The first kappa shape index (κ1) is 20.0. The second-order valence-corrected chi connectivity index (χ2v) is 8.49. The summed E-state index contributed by atoms with van der Waals surface area (Å²) in [5, 5.41) is 0. The van der Waals surface area contributed by atoms with E-state index in [4.69, 9.17) is 9.47 Å². The predicted octanol–water partition coefficient (Wildman–Crippen LogP) is 4.43. The lowest BCUT2D eigenvalue weighted by molar-refractivity contribution is 0.0172. The summed E-state index contributed by atoms with van der Waals surface area (Å²) in [5.74, 6) is 0. The van der Waals surface area contributed by atoms with Crippen LogP contribution >= 0.6 is 15.9 Å². The molecule has 0 spiro atoms. The van der Waals surface area contributed by atoms with Crippen LogP contribution in [0.4, 0.5) is 10.5 Å². The van der Waals surface area contributed by atoms with E-state index < -0.39 is 5.60 Å². The minimum Gasteiger partial charge on any atom is -0.444 e. The van der Waals surface area contributed by atoms with Gasteiger partial charge in [0.15, 0.2) is 0 Å². The van der Waals surface area contributed by atoms with Gasteiger partial charge >= 0.3 is 6.09 Å². The summed E-state index contributed by atoms with van der Waals surface area (Å²) in [6.45, 7) is 13.4. The third-order valence-corrected chi connectivity index (χ3v) is 4.48. The number of hydrogen-bond acceptors (Lipinski definition) is 4. The molecule has 1 aliphatic heterocycles. The molecular weight excluding hydrogens is 384 g/mol. The summed E-state index contributed by atoms with van der Waals surface area (Å²) in [6.07, 6.45) is -0.279. The van der Waals surface area contributed by atoms with E-state index in [2.05, 4.69) is 33.0 Å². The van der Waals surface area contributed by atoms with Crippen molar-refractivity contribution in [1.82, 2.24) is 4.90 Å². The monoisotopic (exact) mass is 412 g/mol. The summed E-state index contributed by atoms with van der Waals surface area (Å²) < 4.78 is 12.1. The zero-order valence-corrected chi connectivity index (χ0v) is 17.4. The number of benzene rings is 1. The molecule has 5 nitrogen and oxygen atoms in total. The maximum absolute atomic E-state index is 12.6. The molecule has 0 aliphatic carbocycles. The third kappa shape index (κ3) is 5.89. The first-order chi connectivity index (χ1) is 11.7. The predicted molar refractivity (Wildman–Crippen MR) is 104 cm³/mol. The average Bonchev–Trinajstić information content (AvgIpc) is 2.52. The number of amides is 1. The van der Waals surface area contributed by atoms with Gasteiger partial charge in [0.2, 0.25) is 0 Å². The smallest absolute Gasteiger partial charge is 0.410 e. The van der Waals surface area contributed by atoms with Gasteiger partial charge < -0.3 is 19.3 Å². The van der Waals surface area contributed by atoms with Crippen molar-refractivity contribution in [2.45, 2.75) is 52.8 Å². The first-order valence-electron chi connectivity index (χ1n) is 8.78. The van der Waals surface area contributed by atoms with Gasteiger partial charge in [0.05, 0.1) is 19.8 Å².